The summed E-state index contributed by atoms with van der Waals surface area (Å²) in [6.07, 6.45) is 5.90. The molecular formula is C19H22N4O2. The van der Waals surface area contributed by atoms with Gasteiger partial charge in [-0.05, 0) is 51.3 Å². The zero-order chi connectivity index (χ0) is 18.0. The van der Waals surface area contributed by atoms with Crippen molar-refractivity contribution in [2.45, 2.75) is 52.5 Å². The second-order valence-electron chi connectivity index (χ2n) is 6.58. The molecule has 1 amide bonds. The van der Waals surface area contributed by atoms with Crippen molar-refractivity contribution in [1.82, 2.24) is 15.0 Å². The fourth-order valence-electron chi connectivity index (χ4n) is 3.38. The summed E-state index contributed by atoms with van der Waals surface area (Å²) in [5.74, 6) is 1.13. The summed E-state index contributed by atoms with van der Waals surface area (Å²) in [6.45, 7) is 5.73. The Labute approximate surface area is 147 Å². The van der Waals surface area contributed by atoms with Crippen LogP contribution in [0.5, 0.6) is 0 Å². The second-order valence-corrected chi connectivity index (χ2v) is 6.58. The highest BCUT2D eigenvalue weighted by Gasteiger charge is 2.20. The standard InChI is InChI=1S/C19H22N4O2/c1-12-8-15(14(3)23(12)18-9-13(2)25-22-18)10-16(11-20)19(24)21-17-6-4-5-7-17/h8-10,17H,4-7H2,1-3H3,(H,21,24)/b16-10+. The van der Waals surface area contributed by atoms with Crippen LogP contribution in [0.15, 0.2) is 22.2 Å². The Hall–Kier alpha value is -2.81. The third-order valence-electron chi connectivity index (χ3n) is 4.67. The van der Waals surface area contributed by atoms with Crippen LogP contribution < -0.4 is 5.32 Å². The minimum Gasteiger partial charge on any atom is -0.360 e. The maximum Gasteiger partial charge on any atom is 0.262 e. The lowest BCUT2D eigenvalue weighted by Crippen LogP contribution is -2.33. The van der Waals surface area contributed by atoms with E-state index in [9.17, 15) is 10.1 Å². The van der Waals surface area contributed by atoms with Gasteiger partial charge in [0.05, 0.1) is 0 Å². The van der Waals surface area contributed by atoms with E-state index in [0.29, 0.717) is 5.82 Å². The van der Waals surface area contributed by atoms with Gasteiger partial charge in [-0.2, -0.15) is 5.26 Å². The maximum atomic E-state index is 12.4. The number of carbonyl (C=O) groups excluding carboxylic acids is 1. The van der Waals surface area contributed by atoms with Gasteiger partial charge in [-0.25, -0.2) is 0 Å². The molecule has 6 nitrogen and oxygen atoms in total. The monoisotopic (exact) mass is 338 g/mol. The summed E-state index contributed by atoms with van der Waals surface area (Å²) < 4.78 is 7.10. The number of aromatic nitrogens is 2. The molecule has 0 aromatic carbocycles. The highest BCUT2D eigenvalue weighted by atomic mass is 16.5. The number of nitrogens with zero attached hydrogens (tertiary/aromatic N) is 3. The normalized spacial score (nSPS) is 15.4. The van der Waals surface area contributed by atoms with Gasteiger partial charge in [0.15, 0.2) is 5.82 Å². The number of nitriles is 1. The van der Waals surface area contributed by atoms with E-state index in [-0.39, 0.29) is 17.5 Å². The summed E-state index contributed by atoms with van der Waals surface area (Å²) >= 11 is 0. The zero-order valence-corrected chi connectivity index (χ0v) is 14.8. The fraction of sp³-hybridized carbons (Fsp3) is 0.421. The molecule has 0 spiro atoms. The molecule has 0 unspecified atom stereocenters. The highest BCUT2D eigenvalue weighted by molar-refractivity contribution is 6.02. The van der Waals surface area contributed by atoms with E-state index >= 15 is 0 Å². The summed E-state index contributed by atoms with van der Waals surface area (Å²) in [6, 6.07) is 6.02. The van der Waals surface area contributed by atoms with Crippen LogP contribution in [0.4, 0.5) is 0 Å². The summed E-state index contributed by atoms with van der Waals surface area (Å²) in [4.78, 5) is 12.4. The molecule has 1 saturated carbocycles. The van der Waals surface area contributed by atoms with E-state index in [2.05, 4.69) is 10.5 Å². The lowest BCUT2D eigenvalue weighted by atomic mass is 10.1. The fourth-order valence-corrected chi connectivity index (χ4v) is 3.38. The molecule has 1 fully saturated rings. The summed E-state index contributed by atoms with van der Waals surface area (Å²) in [5.41, 5.74) is 2.83. The number of aryl methyl sites for hydroxylation is 2. The zero-order valence-electron chi connectivity index (χ0n) is 14.8. The molecule has 6 heteroatoms. The second kappa shape index (κ2) is 6.98. The van der Waals surface area contributed by atoms with Crippen molar-refractivity contribution in [1.29, 1.82) is 5.26 Å². The first-order valence-electron chi connectivity index (χ1n) is 8.55. The highest BCUT2D eigenvalue weighted by Crippen LogP contribution is 2.23. The van der Waals surface area contributed by atoms with Crippen molar-refractivity contribution >= 4 is 12.0 Å². The van der Waals surface area contributed by atoms with Crippen LogP contribution in [0.3, 0.4) is 0 Å². The van der Waals surface area contributed by atoms with Gasteiger partial charge >= 0.3 is 0 Å². The van der Waals surface area contributed by atoms with E-state index in [0.717, 1.165) is 48.4 Å². The predicted octanol–water partition coefficient (Wildman–Crippen LogP) is 3.36. The smallest absolute Gasteiger partial charge is 0.262 e. The van der Waals surface area contributed by atoms with E-state index < -0.39 is 0 Å². The Morgan fingerprint density at radius 1 is 1.36 bits per heavy atom. The minimum absolute atomic E-state index is 0.128. The molecule has 130 valence electrons. The van der Waals surface area contributed by atoms with E-state index in [1.165, 1.54) is 0 Å². The summed E-state index contributed by atoms with van der Waals surface area (Å²) in [7, 11) is 0. The number of amides is 1. The molecule has 1 aliphatic rings. The molecular weight excluding hydrogens is 316 g/mol. The SMILES string of the molecule is Cc1cc(-n2c(C)cc(/C=C(\C#N)C(=O)NC3CCCC3)c2C)no1. The molecule has 2 aromatic rings. The molecule has 0 atom stereocenters. The van der Waals surface area contributed by atoms with Crippen molar-refractivity contribution in [2.75, 3.05) is 0 Å². The quantitative estimate of drug-likeness (QED) is 0.684. The lowest BCUT2D eigenvalue weighted by molar-refractivity contribution is -0.117. The van der Waals surface area contributed by atoms with Crippen LogP contribution in [0.2, 0.25) is 0 Å². The van der Waals surface area contributed by atoms with Gasteiger partial charge in [-0.15, -0.1) is 0 Å². The first kappa shape index (κ1) is 17.0. The van der Waals surface area contributed by atoms with Crippen LogP contribution >= 0.6 is 0 Å². The molecule has 2 aromatic heterocycles. The van der Waals surface area contributed by atoms with Crippen molar-refractivity contribution < 1.29 is 9.32 Å². The van der Waals surface area contributed by atoms with Gasteiger partial charge in [0, 0.05) is 23.5 Å². The molecule has 3 rings (SSSR count). The van der Waals surface area contributed by atoms with Gasteiger partial charge < -0.3 is 9.84 Å². The number of hydrogen-bond acceptors (Lipinski definition) is 4. The number of carbonyl (C=O) groups is 1. The molecule has 0 radical (unpaired) electrons. The Bertz CT molecular complexity index is 861. The average molecular weight is 338 g/mol. The lowest BCUT2D eigenvalue weighted by Gasteiger charge is -2.11. The van der Waals surface area contributed by atoms with Crippen LogP contribution in [-0.4, -0.2) is 21.7 Å². The van der Waals surface area contributed by atoms with Crippen molar-refractivity contribution in [3.8, 4) is 11.9 Å². The predicted molar refractivity (Wildman–Crippen MR) is 94.0 cm³/mol. The van der Waals surface area contributed by atoms with Gasteiger partial charge in [0.1, 0.15) is 17.4 Å². The minimum atomic E-state index is -0.295. The third kappa shape index (κ3) is 3.50. The topological polar surface area (TPSA) is 83.9 Å². The Morgan fingerprint density at radius 3 is 2.68 bits per heavy atom. The molecule has 1 aliphatic carbocycles. The molecule has 0 aliphatic heterocycles. The van der Waals surface area contributed by atoms with Crippen molar-refractivity contribution in [2.24, 2.45) is 0 Å². The van der Waals surface area contributed by atoms with Crippen LogP contribution in [-0.2, 0) is 4.79 Å². The Kier molecular flexibility index (Phi) is 4.75. The van der Waals surface area contributed by atoms with Crippen LogP contribution in [0.1, 0.15) is 48.4 Å². The Balaban J connectivity index is 1.88. The molecule has 1 N–H and O–H groups in total. The molecule has 0 saturated heterocycles. The maximum absolute atomic E-state index is 12.4. The third-order valence-corrected chi connectivity index (χ3v) is 4.67. The summed E-state index contributed by atoms with van der Waals surface area (Å²) in [5, 5.41) is 16.4. The van der Waals surface area contributed by atoms with Gasteiger partial charge in [0.25, 0.3) is 5.91 Å². The van der Waals surface area contributed by atoms with E-state index in [1.54, 1.807) is 6.08 Å². The van der Waals surface area contributed by atoms with Crippen molar-refractivity contribution in [3.63, 3.8) is 0 Å². The van der Waals surface area contributed by atoms with E-state index in [1.807, 2.05) is 43.5 Å². The van der Waals surface area contributed by atoms with Gasteiger partial charge in [-0.3, -0.25) is 9.36 Å². The van der Waals surface area contributed by atoms with Crippen LogP contribution in [0.25, 0.3) is 11.9 Å². The Morgan fingerprint density at radius 2 is 2.08 bits per heavy atom. The van der Waals surface area contributed by atoms with Crippen molar-refractivity contribution in [3.05, 3.63) is 40.4 Å². The van der Waals surface area contributed by atoms with E-state index in [4.69, 9.17) is 4.52 Å². The molecule has 0 bridgehead atoms. The first-order valence-corrected chi connectivity index (χ1v) is 8.55. The first-order chi connectivity index (χ1) is 12.0. The average Bonchev–Trinajstić information content (AvgIpc) is 3.28. The van der Waals surface area contributed by atoms with Crippen LogP contribution in [0, 0.1) is 32.1 Å². The molecule has 2 heterocycles. The number of nitrogens with one attached hydrogen (secondary N) is 1. The number of hydrogen-bond donors (Lipinski definition) is 1. The van der Waals surface area contributed by atoms with Gasteiger partial charge in [0.2, 0.25) is 0 Å². The number of rotatable bonds is 4. The van der Waals surface area contributed by atoms with Gasteiger partial charge in [-0.1, -0.05) is 18.0 Å². The molecule has 25 heavy (non-hydrogen) atoms. The largest absolute Gasteiger partial charge is 0.360 e.